The molecule has 0 aliphatic rings. The van der Waals surface area contributed by atoms with Gasteiger partial charge < -0.3 is 0 Å². The zero-order valence-corrected chi connectivity index (χ0v) is 10.6. The molecule has 1 atom stereocenters. The number of halogens is 4. The summed E-state index contributed by atoms with van der Waals surface area (Å²) in [4.78, 5) is -0.905. The molecule has 1 aromatic rings. The maximum Gasteiger partial charge on any atom is 0.161 e. The molecule has 1 aromatic carbocycles. The van der Waals surface area contributed by atoms with Gasteiger partial charge in [0.2, 0.25) is 0 Å². The topological polar surface area (TPSA) is 34.1 Å². The molecular weight excluding hydrogens is 309 g/mol. The minimum atomic E-state index is -3.34. The highest BCUT2D eigenvalue weighted by molar-refractivity contribution is 9.09. The molecule has 0 saturated carbocycles. The number of alkyl halides is 1. The van der Waals surface area contributed by atoms with Crippen LogP contribution in [0.15, 0.2) is 12.1 Å². The molecule has 0 bridgehead atoms. The highest BCUT2D eigenvalue weighted by Crippen LogP contribution is 2.28. The largest absolute Gasteiger partial charge is 0.229 e. The summed E-state index contributed by atoms with van der Waals surface area (Å²) in [5.41, 5.74) is -0.218. The lowest BCUT2D eigenvalue weighted by atomic mass is 10.1. The molecule has 1 unspecified atom stereocenters. The maximum atomic E-state index is 13.2. The molecule has 0 fully saturated rings. The number of sulfone groups is 1. The predicted molar refractivity (Wildman–Crippen MR) is 57.7 cm³/mol. The minimum Gasteiger partial charge on any atom is -0.229 e. The molecule has 0 N–H and O–H groups in total. The summed E-state index contributed by atoms with van der Waals surface area (Å²) in [7, 11) is -3.34. The third-order valence-corrected chi connectivity index (χ3v) is 4.01. The van der Waals surface area contributed by atoms with E-state index in [4.69, 9.17) is 0 Å². The molecule has 0 amide bonds. The number of rotatable bonds is 3. The average Bonchev–Trinajstić information content (AvgIpc) is 2.08. The van der Waals surface area contributed by atoms with Gasteiger partial charge in [-0.1, -0.05) is 15.9 Å². The zero-order valence-electron chi connectivity index (χ0n) is 8.18. The standard InChI is InChI=1S/C9H8BrF3O2S/c1-16(14,15)4-6(10)5-2-8(12)9(13)3-7(5)11/h2-3,6H,4H2,1H3. The van der Waals surface area contributed by atoms with E-state index in [0.717, 1.165) is 6.26 Å². The van der Waals surface area contributed by atoms with Crippen LogP contribution >= 0.6 is 15.9 Å². The SMILES string of the molecule is CS(=O)(=O)CC(Br)c1cc(F)c(F)cc1F. The summed E-state index contributed by atoms with van der Waals surface area (Å²) in [6.07, 6.45) is 0.971. The normalized spacial score (nSPS) is 13.8. The van der Waals surface area contributed by atoms with Crippen molar-refractivity contribution in [2.75, 3.05) is 12.0 Å². The maximum absolute atomic E-state index is 13.2. The van der Waals surface area contributed by atoms with Gasteiger partial charge in [-0.3, -0.25) is 0 Å². The summed E-state index contributed by atoms with van der Waals surface area (Å²) in [6.45, 7) is 0. The third kappa shape index (κ3) is 3.48. The number of hydrogen-bond acceptors (Lipinski definition) is 2. The summed E-state index contributed by atoms with van der Waals surface area (Å²) >= 11 is 2.92. The van der Waals surface area contributed by atoms with Gasteiger partial charge in [0.25, 0.3) is 0 Å². The van der Waals surface area contributed by atoms with Crippen LogP contribution in [-0.2, 0) is 9.84 Å². The fraction of sp³-hybridized carbons (Fsp3) is 0.333. The van der Waals surface area contributed by atoms with E-state index < -0.39 is 37.9 Å². The van der Waals surface area contributed by atoms with Crippen LogP contribution in [0.2, 0.25) is 0 Å². The molecular formula is C9H8BrF3O2S. The molecule has 0 spiro atoms. The molecule has 0 aromatic heterocycles. The quantitative estimate of drug-likeness (QED) is 0.634. The summed E-state index contributed by atoms with van der Waals surface area (Å²) in [6, 6.07) is 1.04. The fourth-order valence-corrected chi connectivity index (χ4v) is 3.64. The Balaban J connectivity index is 3.09. The Kier molecular flexibility index (Phi) is 4.01. The van der Waals surface area contributed by atoms with E-state index in [2.05, 4.69) is 15.9 Å². The Morgan fingerprint density at radius 3 is 2.19 bits per heavy atom. The Hall–Kier alpha value is -0.560. The van der Waals surface area contributed by atoms with Gasteiger partial charge in [-0.15, -0.1) is 0 Å². The van der Waals surface area contributed by atoms with Crippen LogP contribution in [0.3, 0.4) is 0 Å². The number of benzene rings is 1. The molecule has 0 radical (unpaired) electrons. The van der Waals surface area contributed by atoms with Crippen molar-refractivity contribution in [2.45, 2.75) is 4.83 Å². The molecule has 2 nitrogen and oxygen atoms in total. The van der Waals surface area contributed by atoms with Crippen molar-refractivity contribution in [2.24, 2.45) is 0 Å². The van der Waals surface area contributed by atoms with Crippen molar-refractivity contribution >= 4 is 25.8 Å². The van der Waals surface area contributed by atoms with Gasteiger partial charge in [-0.25, -0.2) is 21.6 Å². The van der Waals surface area contributed by atoms with E-state index in [9.17, 15) is 21.6 Å². The van der Waals surface area contributed by atoms with Crippen molar-refractivity contribution in [1.29, 1.82) is 0 Å². The molecule has 0 aliphatic heterocycles. The van der Waals surface area contributed by atoms with Gasteiger partial charge in [0.15, 0.2) is 11.6 Å². The Bertz CT molecular complexity index is 502. The van der Waals surface area contributed by atoms with Gasteiger partial charge in [0.05, 0.1) is 10.6 Å². The molecule has 1 rings (SSSR count). The molecule has 0 saturated heterocycles. The predicted octanol–water partition coefficient (Wildman–Crippen LogP) is 2.58. The first-order valence-corrected chi connectivity index (χ1v) is 7.14. The molecule has 16 heavy (non-hydrogen) atoms. The average molecular weight is 317 g/mol. The van der Waals surface area contributed by atoms with E-state index in [1.54, 1.807) is 0 Å². The fourth-order valence-electron chi connectivity index (χ4n) is 1.13. The minimum absolute atomic E-state index is 0.218. The lowest BCUT2D eigenvalue weighted by molar-refractivity contribution is 0.490. The molecule has 0 aliphatic carbocycles. The van der Waals surface area contributed by atoms with Gasteiger partial charge in [-0.05, 0) is 6.07 Å². The van der Waals surface area contributed by atoms with Crippen molar-refractivity contribution in [3.05, 3.63) is 35.1 Å². The first-order chi connectivity index (χ1) is 7.20. The van der Waals surface area contributed by atoms with Gasteiger partial charge in [0, 0.05) is 17.9 Å². The zero-order chi connectivity index (χ0) is 12.5. The Morgan fingerprint density at radius 2 is 1.69 bits per heavy atom. The third-order valence-electron chi connectivity index (χ3n) is 1.83. The van der Waals surface area contributed by atoms with Crippen LogP contribution in [-0.4, -0.2) is 20.4 Å². The van der Waals surface area contributed by atoms with Crippen LogP contribution in [0.4, 0.5) is 13.2 Å². The van der Waals surface area contributed by atoms with Crippen LogP contribution in [0.1, 0.15) is 10.4 Å². The van der Waals surface area contributed by atoms with Crippen molar-refractivity contribution in [1.82, 2.24) is 0 Å². The summed E-state index contributed by atoms with van der Waals surface area (Å²) < 4.78 is 60.6. The van der Waals surface area contributed by atoms with E-state index in [-0.39, 0.29) is 5.56 Å². The highest BCUT2D eigenvalue weighted by Gasteiger charge is 2.20. The lowest BCUT2D eigenvalue weighted by Gasteiger charge is -2.10. The second kappa shape index (κ2) is 4.75. The van der Waals surface area contributed by atoms with Crippen molar-refractivity contribution in [3.8, 4) is 0 Å². The van der Waals surface area contributed by atoms with E-state index in [0.29, 0.717) is 12.1 Å². The summed E-state index contributed by atoms with van der Waals surface area (Å²) in [5, 5.41) is 0. The smallest absolute Gasteiger partial charge is 0.161 e. The first-order valence-electron chi connectivity index (χ1n) is 4.17. The van der Waals surface area contributed by atoms with Crippen LogP contribution in [0, 0.1) is 17.5 Å². The monoisotopic (exact) mass is 316 g/mol. The molecule has 90 valence electrons. The second-order valence-corrected chi connectivity index (χ2v) is 6.64. The van der Waals surface area contributed by atoms with Crippen molar-refractivity contribution in [3.63, 3.8) is 0 Å². The lowest BCUT2D eigenvalue weighted by Crippen LogP contribution is -2.10. The van der Waals surface area contributed by atoms with Gasteiger partial charge >= 0.3 is 0 Å². The molecule has 7 heteroatoms. The van der Waals surface area contributed by atoms with E-state index >= 15 is 0 Å². The Labute approximate surface area is 99.5 Å². The summed E-state index contributed by atoms with van der Waals surface area (Å²) in [5.74, 6) is -3.89. The van der Waals surface area contributed by atoms with Crippen molar-refractivity contribution < 1.29 is 21.6 Å². The van der Waals surface area contributed by atoms with E-state index in [1.165, 1.54) is 0 Å². The van der Waals surface area contributed by atoms with Gasteiger partial charge in [-0.2, -0.15) is 0 Å². The second-order valence-electron chi connectivity index (χ2n) is 3.35. The van der Waals surface area contributed by atoms with Crippen LogP contribution in [0.25, 0.3) is 0 Å². The first kappa shape index (κ1) is 13.5. The van der Waals surface area contributed by atoms with Crippen LogP contribution in [0.5, 0.6) is 0 Å². The van der Waals surface area contributed by atoms with Crippen LogP contribution < -0.4 is 0 Å². The molecule has 0 heterocycles. The highest BCUT2D eigenvalue weighted by atomic mass is 79.9. The van der Waals surface area contributed by atoms with Gasteiger partial charge in [0.1, 0.15) is 15.7 Å². The Morgan fingerprint density at radius 1 is 1.19 bits per heavy atom. The number of hydrogen-bond donors (Lipinski definition) is 0. The van der Waals surface area contributed by atoms with E-state index in [1.807, 2.05) is 0 Å².